The van der Waals surface area contributed by atoms with Crippen LogP contribution in [0.25, 0.3) is 5.65 Å². The molecule has 0 saturated heterocycles. The van der Waals surface area contributed by atoms with Gasteiger partial charge in [0, 0.05) is 25.0 Å². The molecule has 0 aliphatic carbocycles. The van der Waals surface area contributed by atoms with Crippen LogP contribution >= 0.6 is 11.6 Å². The van der Waals surface area contributed by atoms with Gasteiger partial charge in [0.1, 0.15) is 5.65 Å². The van der Waals surface area contributed by atoms with E-state index in [0.29, 0.717) is 6.04 Å². The summed E-state index contributed by atoms with van der Waals surface area (Å²) in [6, 6.07) is 4.18. The van der Waals surface area contributed by atoms with Crippen molar-refractivity contribution in [2.45, 2.75) is 25.9 Å². The van der Waals surface area contributed by atoms with Crippen LogP contribution in [0.15, 0.2) is 37.2 Å². The summed E-state index contributed by atoms with van der Waals surface area (Å²) >= 11 is 5.92. The molecule has 2 aromatic rings. The van der Waals surface area contributed by atoms with E-state index in [1.165, 1.54) is 0 Å². The third-order valence-corrected chi connectivity index (χ3v) is 2.84. The molecule has 0 aliphatic heterocycles. The summed E-state index contributed by atoms with van der Waals surface area (Å²) in [6.45, 7) is 6.62. The number of hydrogen-bond donors (Lipinski definition) is 1. The molecule has 1 atom stereocenters. The van der Waals surface area contributed by atoms with Gasteiger partial charge in [0.2, 0.25) is 0 Å². The summed E-state index contributed by atoms with van der Waals surface area (Å²) in [6.07, 6.45) is 6.73. The van der Waals surface area contributed by atoms with Gasteiger partial charge in [-0.25, -0.2) is 4.98 Å². The number of rotatable bonds is 5. The highest BCUT2D eigenvalue weighted by molar-refractivity contribution is 6.30. The number of nitrogens with zero attached hydrogens (tertiary/aromatic N) is 2. The Labute approximate surface area is 106 Å². The minimum absolute atomic E-state index is 0.418. The van der Waals surface area contributed by atoms with E-state index >= 15 is 0 Å². The first-order valence-corrected chi connectivity index (χ1v) is 6.04. The molecule has 17 heavy (non-hydrogen) atoms. The van der Waals surface area contributed by atoms with E-state index < -0.39 is 0 Å². The van der Waals surface area contributed by atoms with Gasteiger partial charge < -0.3 is 9.72 Å². The van der Waals surface area contributed by atoms with Crippen LogP contribution in [-0.2, 0) is 6.54 Å². The van der Waals surface area contributed by atoms with E-state index in [9.17, 15) is 0 Å². The molecule has 0 spiro atoms. The van der Waals surface area contributed by atoms with Crippen molar-refractivity contribution in [1.82, 2.24) is 14.7 Å². The zero-order valence-electron chi connectivity index (χ0n) is 9.86. The zero-order chi connectivity index (χ0) is 12.3. The highest BCUT2D eigenvalue weighted by atomic mass is 35.5. The summed E-state index contributed by atoms with van der Waals surface area (Å²) in [7, 11) is 0. The van der Waals surface area contributed by atoms with Gasteiger partial charge in [-0.05, 0) is 25.5 Å². The van der Waals surface area contributed by atoms with E-state index in [2.05, 4.69) is 23.8 Å². The van der Waals surface area contributed by atoms with Crippen LogP contribution in [0, 0.1) is 0 Å². The van der Waals surface area contributed by atoms with Gasteiger partial charge in [-0.1, -0.05) is 17.7 Å². The second-order valence-corrected chi connectivity index (χ2v) is 4.59. The fourth-order valence-electron chi connectivity index (χ4n) is 1.71. The van der Waals surface area contributed by atoms with Crippen LogP contribution in [-0.4, -0.2) is 15.4 Å². The summed E-state index contributed by atoms with van der Waals surface area (Å²) in [5, 5.41) is 4.11. The van der Waals surface area contributed by atoms with E-state index in [4.69, 9.17) is 11.6 Å². The molecular weight excluding hydrogens is 234 g/mol. The normalized spacial score (nSPS) is 12.8. The van der Waals surface area contributed by atoms with E-state index in [1.54, 1.807) is 0 Å². The van der Waals surface area contributed by atoms with Crippen molar-refractivity contribution in [1.29, 1.82) is 0 Å². The number of nitrogens with one attached hydrogen (secondary N) is 1. The van der Waals surface area contributed by atoms with E-state index in [1.807, 2.05) is 35.0 Å². The van der Waals surface area contributed by atoms with Gasteiger partial charge in [-0.15, -0.1) is 6.58 Å². The standard InChI is InChI=1S/C13H16ClN3/c1-3-4-10(2)15-7-12-9-17-8-11(14)5-6-13(17)16-12/h3,5-6,8-10,15H,1,4,7H2,2H3. The molecule has 0 aliphatic rings. The molecular formula is C13H16ClN3. The second kappa shape index (κ2) is 5.34. The van der Waals surface area contributed by atoms with Crippen molar-refractivity contribution < 1.29 is 0 Å². The van der Waals surface area contributed by atoms with Crippen molar-refractivity contribution in [3.63, 3.8) is 0 Å². The Hall–Kier alpha value is -1.32. The molecule has 0 aromatic carbocycles. The smallest absolute Gasteiger partial charge is 0.137 e. The molecule has 1 N–H and O–H groups in total. The van der Waals surface area contributed by atoms with Crippen molar-refractivity contribution >= 4 is 17.2 Å². The minimum Gasteiger partial charge on any atom is -0.308 e. The lowest BCUT2D eigenvalue weighted by molar-refractivity contribution is 0.549. The first-order valence-electron chi connectivity index (χ1n) is 5.66. The number of pyridine rings is 1. The topological polar surface area (TPSA) is 29.3 Å². The van der Waals surface area contributed by atoms with E-state index in [0.717, 1.165) is 29.3 Å². The van der Waals surface area contributed by atoms with Crippen LogP contribution in [0.2, 0.25) is 5.02 Å². The molecule has 2 aromatic heterocycles. The number of imidazole rings is 1. The van der Waals surface area contributed by atoms with Gasteiger partial charge in [0.05, 0.1) is 10.7 Å². The molecule has 1 unspecified atom stereocenters. The summed E-state index contributed by atoms with van der Waals surface area (Å²) in [4.78, 5) is 4.50. The van der Waals surface area contributed by atoms with Crippen LogP contribution in [0.5, 0.6) is 0 Å². The quantitative estimate of drug-likeness (QED) is 0.826. The van der Waals surface area contributed by atoms with Crippen molar-refractivity contribution in [3.05, 3.63) is 47.9 Å². The maximum absolute atomic E-state index is 5.92. The van der Waals surface area contributed by atoms with Crippen molar-refractivity contribution in [2.75, 3.05) is 0 Å². The highest BCUT2D eigenvalue weighted by Crippen LogP contribution is 2.11. The molecule has 0 saturated carbocycles. The molecule has 90 valence electrons. The molecule has 3 nitrogen and oxygen atoms in total. The van der Waals surface area contributed by atoms with Crippen LogP contribution in [0.3, 0.4) is 0 Å². The van der Waals surface area contributed by atoms with Gasteiger partial charge in [-0.3, -0.25) is 0 Å². The number of halogens is 1. The fourth-order valence-corrected chi connectivity index (χ4v) is 1.88. The predicted octanol–water partition coefficient (Wildman–Crippen LogP) is 3.04. The Morgan fingerprint density at radius 2 is 2.35 bits per heavy atom. The largest absolute Gasteiger partial charge is 0.308 e. The molecule has 4 heteroatoms. The van der Waals surface area contributed by atoms with Crippen molar-refractivity contribution in [3.8, 4) is 0 Å². The van der Waals surface area contributed by atoms with Gasteiger partial charge in [0.15, 0.2) is 0 Å². The monoisotopic (exact) mass is 249 g/mol. The number of fused-ring (bicyclic) bond motifs is 1. The molecule has 0 fully saturated rings. The maximum Gasteiger partial charge on any atom is 0.137 e. The number of aromatic nitrogens is 2. The summed E-state index contributed by atoms with van der Waals surface area (Å²) < 4.78 is 1.94. The lowest BCUT2D eigenvalue weighted by Gasteiger charge is -2.09. The Morgan fingerprint density at radius 1 is 1.53 bits per heavy atom. The third kappa shape index (κ3) is 3.08. The van der Waals surface area contributed by atoms with E-state index in [-0.39, 0.29) is 0 Å². The second-order valence-electron chi connectivity index (χ2n) is 4.15. The highest BCUT2D eigenvalue weighted by Gasteiger charge is 2.03. The van der Waals surface area contributed by atoms with Gasteiger partial charge >= 0.3 is 0 Å². The predicted molar refractivity (Wildman–Crippen MR) is 71.3 cm³/mol. The Kier molecular flexibility index (Phi) is 3.82. The summed E-state index contributed by atoms with van der Waals surface area (Å²) in [5.74, 6) is 0. The Bertz CT molecular complexity index is 518. The summed E-state index contributed by atoms with van der Waals surface area (Å²) in [5.41, 5.74) is 1.94. The van der Waals surface area contributed by atoms with Crippen molar-refractivity contribution in [2.24, 2.45) is 0 Å². The van der Waals surface area contributed by atoms with Crippen LogP contribution in [0.1, 0.15) is 19.0 Å². The average Bonchev–Trinajstić information content (AvgIpc) is 2.68. The maximum atomic E-state index is 5.92. The fraction of sp³-hybridized carbons (Fsp3) is 0.308. The number of hydrogen-bond acceptors (Lipinski definition) is 2. The van der Waals surface area contributed by atoms with Crippen LogP contribution in [0.4, 0.5) is 0 Å². The molecule has 0 radical (unpaired) electrons. The third-order valence-electron chi connectivity index (χ3n) is 2.62. The SMILES string of the molecule is C=CCC(C)NCc1cn2cc(Cl)ccc2n1. The first kappa shape index (κ1) is 12.1. The molecule has 0 bridgehead atoms. The Morgan fingerprint density at radius 3 is 3.12 bits per heavy atom. The molecule has 2 rings (SSSR count). The zero-order valence-corrected chi connectivity index (χ0v) is 10.6. The molecule has 0 amide bonds. The lowest BCUT2D eigenvalue weighted by atomic mass is 10.2. The average molecular weight is 250 g/mol. The van der Waals surface area contributed by atoms with Crippen LogP contribution < -0.4 is 5.32 Å². The molecule has 2 heterocycles. The van der Waals surface area contributed by atoms with Gasteiger partial charge in [-0.2, -0.15) is 0 Å². The first-order chi connectivity index (χ1) is 8.19. The lowest BCUT2D eigenvalue weighted by Crippen LogP contribution is -2.24. The minimum atomic E-state index is 0.418. The van der Waals surface area contributed by atoms with Gasteiger partial charge in [0.25, 0.3) is 0 Å². The Balaban J connectivity index is 2.06.